The van der Waals surface area contributed by atoms with Gasteiger partial charge >= 0.3 is 5.97 Å². The van der Waals surface area contributed by atoms with Crippen LogP contribution in [0.4, 0.5) is 17.1 Å². The molecule has 0 aromatic heterocycles. The lowest BCUT2D eigenvalue weighted by Crippen LogP contribution is -2.31. The third kappa shape index (κ3) is 5.40. The fourth-order valence-electron chi connectivity index (χ4n) is 5.34. The number of imide groups is 1. The molecule has 3 aromatic carbocycles. The zero-order valence-electron chi connectivity index (χ0n) is 20.8. The summed E-state index contributed by atoms with van der Waals surface area (Å²) < 4.78 is 5.10. The molecule has 1 heterocycles. The van der Waals surface area contributed by atoms with Crippen molar-refractivity contribution in [3.63, 3.8) is 0 Å². The van der Waals surface area contributed by atoms with E-state index in [2.05, 4.69) is 5.32 Å². The van der Waals surface area contributed by atoms with Crippen molar-refractivity contribution < 1.29 is 28.8 Å². The zero-order chi connectivity index (χ0) is 27.5. The average molecular weight is 528 g/mol. The van der Waals surface area contributed by atoms with Gasteiger partial charge in [0, 0.05) is 17.8 Å². The van der Waals surface area contributed by atoms with Crippen molar-refractivity contribution in [1.82, 2.24) is 0 Å². The van der Waals surface area contributed by atoms with Crippen LogP contribution in [0.1, 0.15) is 41.1 Å². The van der Waals surface area contributed by atoms with Gasteiger partial charge in [-0.2, -0.15) is 0 Å². The molecule has 0 bridgehead atoms. The van der Waals surface area contributed by atoms with Crippen LogP contribution in [0, 0.1) is 22.0 Å². The summed E-state index contributed by atoms with van der Waals surface area (Å²) in [7, 11) is 0. The second-order valence-electron chi connectivity index (χ2n) is 9.63. The molecule has 0 spiro atoms. The number of carbonyl (C=O) groups excluding carboxylic acids is 4. The predicted octanol–water partition coefficient (Wildman–Crippen LogP) is 4.46. The number of nitro groups is 1. The summed E-state index contributed by atoms with van der Waals surface area (Å²) >= 11 is 0. The standard InChI is InChI=1S/C29H25N3O7/c33-26(30-21-9-5-11-23(16-21)32(37)38)17-39-29(36)20-8-4-10-22(14-20)31-27(34)24-13-12-19(15-25(24)28(31)35)18-6-2-1-3-7-18/h1-11,14,16,19,24-25H,12-13,15,17H2,(H,30,33)/t19-,24+,25+/m0/s1. The second-order valence-corrected chi connectivity index (χ2v) is 9.63. The van der Waals surface area contributed by atoms with Crippen LogP contribution in [0.3, 0.4) is 0 Å². The Labute approximate surface area is 223 Å². The Kier molecular flexibility index (Phi) is 7.18. The van der Waals surface area contributed by atoms with Crippen molar-refractivity contribution in [2.75, 3.05) is 16.8 Å². The number of ether oxygens (including phenoxy) is 1. The number of hydrogen-bond donors (Lipinski definition) is 1. The number of rotatable bonds is 7. The summed E-state index contributed by atoms with van der Waals surface area (Å²) in [6.45, 7) is -0.627. The van der Waals surface area contributed by atoms with Crippen molar-refractivity contribution in [2.24, 2.45) is 11.8 Å². The maximum absolute atomic E-state index is 13.4. The lowest BCUT2D eigenvalue weighted by atomic mass is 9.73. The van der Waals surface area contributed by atoms with Gasteiger partial charge in [-0.05, 0) is 55.0 Å². The van der Waals surface area contributed by atoms with Crippen LogP contribution in [-0.4, -0.2) is 35.2 Å². The molecular weight excluding hydrogens is 502 g/mol. The topological polar surface area (TPSA) is 136 Å². The largest absolute Gasteiger partial charge is 0.452 e. The molecule has 1 N–H and O–H groups in total. The smallest absolute Gasteiger partial charge is 0.338 e. The molecule has 1 aliphatic carbocycles. The third-order valence-electron chi connectivity index (χ3n) is 7.21. The van der Waals surface area contributed by atoms with Gasteiger partial charge in [0.1, 0.15) is 0 Å². The van der Waals surface area contributed by atoms with E-state index in [1.807, 2.05) is 30.3 Å². The fourth-order valence-corrected chi connectivity index (χ4v) is 5.34. The first-order valence-electron chi connectivity index (χ1n) is 12.6. The Morgan fingerprint density at radius 3 is 2.44 bits per heavy atom. The first-order chi connectivity index (χ1) is 18.8. The van der Waals surface area contributed by atoms with E-state index in [1.165, 1.54) is 36.4 Å². The van der Waals surface area contributed by atoms with Gasteiger partial charge in [0.2, 0.25) is 11.8 Å². The van der Waals surface area contributed by atoms with Gasteiger partial charge in [0.15, 0.2) is 6.61 Å². The molecule has 5 rings (SSSR count). The maximum Gasteiger partial charge on any atom is 0.338 e. The first kappa shape index (κ1) is 25.8. The number of carbonyl (C=O) groups is 4. The van der Waals surface area contributed by atoms with Gasteiger partial charge in [-0.1, -0.05) is 42.5 Å². The highest BCUT2D eigenvalue weighted by atomic mass is 16.6. The fraction of sp³-hybridized carbons (Fsp3) is 0.241. The van der Waals surface area contributed by atoms with Gasteiger partial charge in [0.25, 0.3) is 11.6 Å². The van der Waals surface area contributed by atoms with Crippen LogP contribution in [0.2, 0.25) is 0 Å². The van der Waals surface area contributed by atoms with Crippen LogP contribution >= 0.6 is 0 Å². The molecule has 10 nitrogen and oxygen atoms in total. The van der Waals surface area contributed by atoms with Crippen molar-refractivity contribution in [3.05, 3.63) is 100 Å². The van der Waals surface area contributed by atoms with Gasteiger partial charge in [0.05, 0.1) is 28.0 Å². The first-order valence-corrected chi connectivity index (χ1v) is 12.6. The second kappa shape index (κ2) is 10.9. The van der Waals surface area contributed by atoms with E-state index in [9.17, 15) is 29.3 Å². The zero-order valence-corrected chi connectivity index (χ0v) is 20.8. The monoisotopic (exact) mass is 527 g/mol. The van der Waals surface area contributed by atoms with Crippen molar-refractivity contribution in [2.45, 2.75) is 25.2 Å². The third-order valence-corrected chi connectivity index (χ3v) is 7.21. The molecule has 2 aliphatic rings. The van der Waals surface area contributed by atoms with Gasteiger partial charge < -0.3 is 10.1 Å². The molecular formula is C29H25N3O7. The van der Waals surface area contributed by atoms with Gasteiger partial charge in [-0.3, -0.25) is 29.4 Å². The SMILES string of the molecule is O=C(COC(=O)c1cccc(N2C(=O)[C@@H]3CC[C@H](c4ccccc4)C[C@H]3C2=O)c1)Nc1cccc([N+](=O)[O-])c1. The van der Waals surface area contributed by atoms with Gasteiger partial charge in [-0.15, -0.1) is 0 Å². The number of esters is 1. The molecule has 0 unspecified atom stereocenters. The van der Waals surface area contributed by atoms with E-state index in [4.69, 9.17) is 4.74 Å². The molecule has 3 amide bonds. The highest BCUT2D eigenvalue weighted by Crippen LogP contribution is 2.45. The summed E-state index contributed by atoms with van der Waals surface area (Å²) in [5, 5.41) is 13.3. The number of nitro benzene ring substituents is 1. The summed E-state index contributed by atoms with van der Waals surface area (Å²) in [5.74, 6) is -2.62. The van der Waals surface area contributed by atoms with Crippen LogP contribution in [0.5, 0.6) is 0 Å². The molecule has 1 saturated heterocycles. The molecule has 3 atom stereocenters. The minimum atomic E-state index is -0.813. The van der Waals surface area contributed by atoms with Crippen LogP contribution in [0.25, 0.3) is 0 Å². The number of anilines is 2. The summed E-state index contributed by atoms with van der Waals surface area (Å²) in [6.07, 6.45) is 2.03. The number of benzene rings is 3. The molecule has 0 radical (unpaired) electrons. The molecule has 3 aromatic rings. The predicted molar refractivity (Wildman–Crippen MR) is 141 cm³/mol. The Hall–Kier alpha value is -4.86. The Balaban J connectivity index is 1.23. The number of nitrogens with one attached hydrogen (secondary N) is 1. The quantitative estimate of drug-likeness (QED) is 0.207. The van der Waals surface area contributed by atoms with Crippen LogP contribution in [0.15, 0.2) is 78.9 Å². The number of nitrogens with zero attached hydrogens (tertiary/aromatic N) is 2. The van der Waals surface area contributed by atoms with E-state index >= 15 is 0 Å². The number of non-ortho nitro benzene ring substituents is 1. The lowest BCUT2D eigenvalue weighted by Gasteiger charge is -2.28. The lowest BCUT2D eigenvalue weighted by molar-refractivity contribution is -0.384. The highest BCUT2D eigenvalue weighted by Gasteiger charge is 2.50. The number of fused-ring (bicyclic) bond motifs is 1. The van der Waals surface area contributed by atoms with Crippen LogP contribution < -0.4 is 10.2 Å². The summed E-state index contributed by atoms with van der Waals surface area (Å²) in [4.78, 5) is 62.9. The van der Waals surface area contributed by atoms with E-state index in [0.29, 0.717) is 12.8 Å². The van der Waals surface area contributed by atoms with E-state index < -0.39 is 29.3 Å². The van der Waals surface area contributed by atoms with Crippen molar-refractivity contribution in [1.29, 1.82) is 0 Å². The van der Waals surface area contributed by atoms with Gasteiger partial charge in [-0.25, -0.2) is 4.79 Å². The highest BCUT2D eigenvalue weighted by molar-refractivity contribution is 6.22. The molecule has 1 saturated carbocycles. The van der Waals surface area contributed by atoms with Crippen molar-refractivity contribution in [3.8, 4) is 0 Å². The van der Waals surface area contributed by atoms with Crippen LogP contribution in [-0.2, 0) is 19.1 Å². The minimum Gasteiger partial charge on any atom is -0.452 e. The van der Waals surface area contributed by atoms with Crippen molar-refractivity contribution >= 4 is 40.8 Å². The van der Waals surface area contributed by atoms with E-state index in [-0.39, 0.29) is 46.3 Å². The van der Waals surface area contributed by atoms with E-state index in [1.54, 1.807) is 12.1 Å². The summed E-state index contributed by atoms with van der Waals surface area (Å²) in [5.41, 5.74) is 1.52. The molecule has 198 valence electrons. The molecule has 2 fully saturated rings. The Morgan fingerprint density at radius 1 is 0.923 bits per heavy atom. The Morgan fingerprint density at radius 2 is 1.67 bits per heavy atom. The minimum absolute atomic E-state index is 0.0771. The Bertz CT molecular complexity index is 1460. The molecule has 1 aliphatic heterocycles. The molecule has 39 heavy (non-hydrogen) atoms. The maximum atomic E-state index is 13.4. The summed E-state index contributed by atoms with van der Waals surface area (Å²) in [6, 6.07) is 21.4. The number of hydrogen-bond acceptors (Lipinski definition) is 7. The molecule has 10 heteroatoms. The number of amides is 3. The average Bonchev–Trinajstić information content (AvgIpc) is 3.21. The normalized spacial score (nSPS) is 20.3. The van der Waals surface area contributed by atoms with E-state index in [0.717, 1.165) is 16.9 Å².